The van der Waals surface area contributed by atoms with Crippen LogP contribution in [0.15, 0.2) is 53.7 Å². The van der Waals surface area contributed by atoms with E-state index in [2.05, 4.69) is 9.89 Å². The minimum absolute atomic E-state index is 0.0972. The van der Waals surface area contributed by atoms with Gasteiger partial charge in [0, 0.05) is 11.8 Å². The zero-order valence-electron chi connectivity index (χ0n) is 10.2. The minimum atomic E-state index is 0.0972. The first-order chi connectivity index (χ1) is 8.74. The van der Waals surface area contributed by atoms with Crippen LogP contribution in [-0.4, -0.2) is 23.1 Å². The molecule has 0 saturated heterocycles. The van der Waals surface area contributed by atoms with Crippen molar-refractivity contribution in [2.24, 2.45) is 4.99 Å². The molecule has 0 N–H and O–H groups in total. The Bertz CT molecular complexity index is 584. The van der Waals surface area contributed by atoms with Crippen LogP contribution < -0.4 is 0 Å². The van der Waals surface area contributed by atoms with E-state index in [0.29, 0.717) is 0 Å². The summed E-state index contributed by atoms with van der Waals surface area (Å²) in [5.74, 6) is 1.09. The summed E-state index contributed by atoms with van der Waals surface area (Å²) in [6, 6.07) is 7.87. The summed E-state index contributed by atoms with van der Waals surface area (Å²) < 4.78 is 0. The molecule has 0 fully saturated rings. The predicted molar refractivity (Wildman–Crippen MR) is 71.6 cm³/mol. The molecule has 90 valence electrons. The molecule has 1 unspecified atom stereocenters. The van der Waals surface area contributed by atoms with Crippen molar-refractivity contribution in [2.45, 2.75) is 13.0 Å². The van der Waals surface area contributed by atoms with Gasteiger partial charge in [0.15, 0.2) is 5.78 Å². The van der Waals surface area contributed by atoms with Crippen LogP contribution in [-0.2, 0) is 0 Å². The number of ketones is 1. The van der Waals surface area contributed by atoms with E-state index in [1.165, 1.54) is 0 Å². The van der Waals surface area contributed by atoms with Gasteiger partial charge in [0.25, 0.3) is 0 Å². The van der Waals surface area contributed by atoms with Crippen LogP contribution in [0.5, 0.6) is 0 Å². The fourth-order valence-corrected chi connectivity index (χ4v) is 2.27. The van der Waals surface area contributed by atoms with Gasteiger partial charge in [-0.25, -0.2) is 0 Å². The highest BCUT2D eigenvalue weighted by Gasteiger charge is 2.24. The number of allylic oxidation sites excluding steroid dienone is 2. The molecule has 3 nitrogen and oxygen atoms in total. The van der Waals surface area contributed by atoms with E-state index in [1.807, 2.05) is 48.7 Å². The van der Waals surface area contributed by atoms with E-state index in [-0.39, 0.29) is 11.8 Å². The molecular formula is C15H14N2O. The SMILES string of the molecule is CC(=O)c1cccc(C2CN3C=CC=CC3=N2)c1. The molecule has 2 aliphatic rings. The van der Waals surface area contributed by atoms with E-state index in [1.54, 1.807) is 6.92 Å². The molecule has 1 aromatic rings. The summed E-state index contributed by atoms with van der Waals surface area (Å²) in [7, 11) is 0. The molecule has 18 heavy (non-hydrogen) atoms. The Labute approximate surface area is 106 Å². The number of Topliss-reactive ketones (excluding diaryl/α,β-unsaturated/α-hetero) is 1. The van der Waals surface area contributed by atoms with Crippen molar-refractivity contribution in [3.05, 3.63) is 59.8 Å². The van der Waals surface area contributed by atoms with Crippen molar-refractivity contribution in [3.63, 3.8) is 0 Å². The van der Waals surface area contributed by atoms with Gasteiger partial charge < -0.3 is 4.90 Å². The topological polar surface area (TPSA) is 32.7 Å². The van der Waals surface area contributed by atoms with Gasteiger partial charge in [-0.1, -0.05) is 24.3 Å². The van der Waals surface area contributed by atoms with Crippen molar-refractivity contribution in [1.29, 1.82) is 0 Å². The van der Waals surface area contributed by atoms with Crippen LogP contribution in [0.25, 0.3) is 0 Å². The van der Waals surface area contributed by atoms with Crippen LogP contribution in [0.3, 0.4) is 0 Å². The maximum absolute atomic E-state index is 11.4. The standard InChI is InChI=1S/C15H14N2O/c1-11(18)12-5-4-6-13(9-12)14-10-17-8-3-2-7-15(17)16-14/h2-9,14H,10H2,1H3. The average Bonchev–Trinajstić information content (AvgIpc) is 2.82. The Morgan fingerprint density at radius 3 is 3.06 bits per heavy atom. The Balaban J connectivity index is 1.91. The number of nitrogens with zero attached hydrogens (tertiary/aromatic N) is 2. The molecule has 3 heteroatoms. The van der Waals surface area contributed by atoms with Gasteiger partial charge in [-0.05, 0) is 30.7 Å². The van der Waals surface area contributed by atoms with Crippen molar-refractivity contribution < 1.29 is 4.79 Å². The zero-order valence-corrected chi connectivity index (χ0v) is 10.2. The molecule has 0 bridgehead atoms. The fraction of sp³-hybridized carbons (Fsp3) is 0.200. The Morgan fingerprint density at radius 2 is 2.28 bits per heavy atom. The number of amidine groups is 1. The molecule has 1 atom stereocenters. The second kappa shape index (κ2) is 4.26. The number of fused-ring (bicyclic) bond motifs is 1. The van der Waals surface area contributed by atoms with Crippen molar-refractivity contribution in [1.82, 2.24) is 4.90 Å². The monoisotopic (exact) mass is 238 g/mol. The summed E-state index contributed by atoms with van der Waals surface area (Å²) in [6.45, 7) is 2.44. The number of carbonyl (C=O) groups is 1. The summed E-state index contributed by atoms with van der Waals surface area (Å²) in [5, 5.41) is 0. The quantitative estimate of drug-likeness (QED) is 0.742. The normalized spacial score (nSPS) is 20.8. The van der Waals surface area contributed by atoms with Gasteiger partial charge in [-0.15, -0.1) is 0 Å². The lowest BCUT2D eigenvalue weighted by Gasteiger charge is -2.16. The number of hydrogen-bond acceptors (Lipinski definition) is 3. The van der Waals surface area contributed by atoms with E-state index in [9.17, 15) is 4.79 Å². The van der Waals surface area contributed by atoms with E-state index in [4.69, 9.17) is 0 Å². The summed E-state index contributed by atoms with van der Waals surface area (Å²) in [5.41, 5.74) is 1.86. The van der Waals surface area contributed by atoms with Gasteiger partial charge in [0.05, 0.1) is 12.6 Å². The lowest BCUT2D eigenvalue weighted by molar-refractivity contribution is 0.101. The van der Waals surface area contributed by atoms with Gasteiger partial charge >= 0.3 is 0 Å². The number of hydrogen-bond donors (Lipinski definition) is 0. The lowest BCUT2D eigenvalue weighted by atomic mass is 10.0. The van der Waals surface area contributed by atoms with Crippen LogP contribution in [0.1, 0.15) is 28.9 Å². The highest BCUT2D eigenvalue weighted by molar-refractivity contribution is 5.96. The van der Waals surface area contributed by atoms with Crippen LogP contribution in [0.4, 0.5) is 0 Å². The maximum Gasteiger partial charge on any atom is 0.159 e. The third-order valence-electron chi connectivity index (χ3n) is 3.25. The Hall–Kier alpha value is -2.16. The molecule has 0 amide bonds. The van der Waals surface area contributed by atoms with Crippen LogP contribution >= 0.6 is 0 Å². The van der Waals surface area contributed by atoms with Gasteiger partial charge in [0.2, 0.25) is 0 Å². The van der Waals surface area contributed by atoms with Crippen LogP contribution in [0.2, 0.25) is 0 Å². The van der Waals surface area contributed by atoms with Crippen molar-refractivity contribution in [3.8, 4) is 0 Å². The zero-order chi connectivity index (χ0) is 12.5. The third kappa shape index (κ3) is 1.88. The first-order valence-corrected chi connectivity index (χ1v) is 6.04. The molecule has 0 aliphatic carbocycles. The lowest BCUT2D eigenvalue weighted by Crippen LogP contribution is -2.21. The second-order valence-corrected chi connectivity index (χ2v) is 4.54. The predicted octanol–water partition coefficient (Wildman–Crippen LogP) is 2.73. The molecule has 0 saturated carbocycles. The molecule has 1 aromatic carbocycles. The molecule has 0 aromatic heterocycles. The van der Waals surface area contributed by atoms with E-state index < -0.39 is 0 Å². The van der Waals surface area contributed by atoms with Gasteiger partial charge in [-0.2, -0.15) is 0 Å². The molecule has 2 heterocycles. The first kappa shape index (κ1) is 11.0. The molecule has 2 aliphatic heterocycles. The summed E-state index contributed by atoms with van der Waals surface area (Å²) in [6.07, 6.45) is 8.04. The third-order valence-corrected chi connectivity index (χ3v) is 3.25. The Kier molecular flexibility index (Phi) is 2.59. The van der Waals surface area contributed by atoms with E-state index in [0.717, 1.165) is 23.5 Å². The van der Waals surface area contributed by atoms with E-state index >= 15 is 0 Å². The first-order valence-electron chi connectivity index (χ1n) is 6.04. The Morgan fingerprint density at radius 1 is 1.39 bits per heavy atom. The average molecular weight is 238 g/mol. The van der Waals surface area contributed by atoms with Gasteiger partial charge in [0.1, 0.15) is 5.84 Å². The highest BCUT2D eigenvalue weighted by Crippen LogP contribution is 2.27. The van der Waals surface area contributed by atoms with Crippen molar-refractivity contribution in [2.75, 3.05) is 6.54 Å². The van der Waals surface area contributed by atoms with Gasteiger partial charge in [-0.3, -0.25) is 9.79 Å². The summed E-state index contributed by atoms with van der Waals surface area (Å²) in [4.78, 5) is 18.2. The second-order valence-electron chi connectivity index (χ2n) is 4.54. The van der Waals surface area contributed by atoms with Crippen molar-refractivity contribution >= 4 is 11.6 Å². The largest absolute Gasteiger partial charge is 0.331 e. The molecule has 0 radical (unpaired) electrons. The smallest absolute Gasteiger partial charge is 0.159 e. The summed E-state index contributed by atoms with van der Waals surface area (Å²) >= 11 is 0. The highest BCUT2D eigenvalue weighted by atomic mass is 16.1. The molecular weight excluding hydrogens is 224 g/mol. The number of carbonyl (C=O) groups excluding carboxylic acids is 1. The van der Waals surface area contributed by atoms with Crippen LogP contribution in [0, 0.1) is 0 Å². The number of rotatable bonds is 2. The fourth-order valence-electron chi connectivity index (χ4n) is 2.27. The molecule has 0 spiro atoms. The number of benzene rings is 1. The minimum Gasteiger partial charge on any atom is -0.331 e. The number of aliphatic imine (C=N–C) groups is 1. The molecule has 3 rings (SSSR count). The maximum atomic E-state index is 11.4.